The smallest absolute Gasteiger partial charge is 0.254 e. The highest BCUT2D eigenvalue weighted by atomic mass is 16.1. The van der Waals surface area contributed by atoms with E-state index < -0.39 is 0 Å². The fourth-order valence-electron chi connectivity index (χ4n) is 2.76. The normalized spacial score (nSPS) is 10.8. The molecule has 1 amide bonds. The van der Waals surface area contributed by atoms with Crippen LogP contribution >= 0.6 is 0 Å². The zero-order valence-corrected chi connectivity index (χ0v) is 15.7. The first kappa shape index (κ1) is 18.4. The third-order valence-corrected chi connectivity index (χ3v) is 4.04. The fraction of sp³-hybridized carbons (Fsp3) is 0.333. The summed E-state index contributed by atoms with van der Waals surface area (Å²) < 4.78 is 1.53. The second-order valence-corrected chi connectivity index (χ2v) is 6.38. The van der Waals surface area contributed by atoms with Crippen molar-refractivity contribution in [3.05, 3.63) is 57.0 Å². The Morgan fingerprint density at radius 3 is 2.59 bits per heavy atom. The standard InChI is InChI=1S/C18H21N7O2/c1-10-5-7-15(23-22-10)25-16(9-11(2)24-25)21-17(26)8-6-14-12(3)19-13(4)20-18(14)27/h5,7,9H,6,8H2,1-4H3,(H,21,26)(H,19,20,27). The minimum Gasteiger partial charge on any atom is -0.311 e. The van der Waals surface area contributed by atoms with Gasteiger partial charge >= 0.3 is 0 Å². The summed E-state index contributed by atoms with van der Waals surface area (Å²) in [6, 6.07) is 5.36. The van der Waals surface area contributed by atoms with Gasteiger partial charge in [-0.05, 0) is 46.2 Å². The number of carbonyl (C=O) groups excluding carboxylic acids is 1. The molecule has 0 aliphatic carbocycles. The zero-order chi connectivity index (χ0) is 19.6. The van der Waals surface area contributed by atoms with E-state index in [1.165, 1.54) is 4.68 Å². The first-order valence-corrected chi connectivity index (χ1v) is 8.57. The molecule has 0 unspecified atom stereocenters. The zero-order valence-electron chi connectivity index (χ0n) is 15.7. The van der Waals surface area contributed by atoms with Gasteiger partial charge in [0.25, 0.3) is 5.56 Å². The van der Waals surface area contributed by atoms with Crippen molar-refractivity contribution in [2.24, 2.45) is 0 Å². The highest BCUT2D eigenvalue weighted by molar-refractivity contribution is 5.90. The van der Waals surface area contributed by atoms with Gasteiger partial charge in [0.15, 0.2) is 5.82 Å². The second kappa shape index (κ2) is 7.48. The van der Waals surface area contributed by atoms with Crippen LogP contribution in [-0.2, 0) is 11.2 Å². The molecular formula is C18H21N7O2. The van der Waals surface area contributed by atoms with Crippen LogP contribution in [0.25, 0.3) is 5.82 Å². The van der Waals surface area contributed by atoms with Gasteiger partial charge in [0.1, 0.15) is 11.6 Å². The number of anilines is 1. The van der Waals surface area contributed by atoms with Crippen LogP contribution in [0.2, 0.25) is 0 Å². The van der Waals surface area contributed by atoms with Crippen LogP contribution in [-0.4, -0.2) is 35.9 Å². The van der Waals surface area contributed by atoms with Crippen molar-refractivity contribution < 1.29 is 4.79 Å². The van der Waals surface area contributed by atoms with E-state index in [0.29, 0.717) is 35.1 Å². The Hall–Kier alpha value is -3.36. The molecule has 140 valence electrons. The second-order valence-electron chi connectivity index (χ2n) is 6.38. The number of nitrogens with zero attached hydrogens (tertiary/aromatic N) is 5. The third kappa shape index (κ3) is 4.25. The highest BCUT2D eigenvalue weighted by Crippen LogP contribution is 2.16. The number of rotatable bonds is 5. The molecule has 2 N–H and O–H groups in total. The fourth-order valence-corrected chi connectivity index (χ4v) is 2.76. The van der Waals surface area contributed by atoms with Crippen molar-refractivity contribution in [2.45, 2.75) is 40.5 Å². The van der Waals surface area contributed by atoms with Gasteiger partial charge in [-0.1, -0.05) is 0 Å². The first-order valence-electron chi connectivity index (χ1n) is 8.57. The summed E-state index contributed by atoms with van der Waals surface area (Å²) in [7, 11) is 0. The molecule has 0 atom stereocenters. The van der Waals surface area contributed by atoms with Gasteiger partial charge < -0.3 is 10.3 Å². The van der Waals surface area contributed by atoms with Crippen molar-refractivity contribution in [1.82, 2.24) is 29.9 Å². The van der Waals surface area contributed by atoms with E-state index in [1.807, 2.05) is 19.9 Å². The number of H-pyrrole nitrogens is 1. The Balaban J connectivity index is 1.74. The molecule has 9 nitrogen and oxygen atoms in total. The quantitative estimate of drug-likeness (QED) is 0.706. The van der Waals surface area contributed by atoms with Crippen LogP contribution in [0.15, 0.2) is 23.0 Å². The molecule has 0 saturated heterocycles. The van der Waals surface area contributed by atoms with Crippen LogP contribution in [0.4, 0.5) is 5.82 Å². The van der Waals surface area contributed by atoms with Crippen LogP contribution in [0.3, 0.4) is 0 Å². The Labute approximate surface area is 155 Å². The van der Waals surface area contributed by atoms with E-state index >= 15 is 0 Å². The summed E-state index contributed by atoms with van der Waals surface area (Å²) in [4.78, 5) is 31.4. The predicted molar refractivity (Wildman–Crippen MR) is 99.9 cm³/mol. The highest BCUT2D eigenvalue weighted by Gasteiger charge is 2.14. The largest absolute Gasteiger partial charge is 0.311 e. The lowest BCUT2D eigenvalue weighted by atomic mass is 10.1. The van der Waals surface area contributed by atoms with Gasteiger partial charge in [-0.3, -0.25) is 9.59 Å². The van der Waals surface area contributed by atoms with Crippen LogP contribution in [0.5, 0.6) is 0 Å². The monoisotopic (exact) mass is 367 g/mol. The summed E-state index contributed by atoms with van der Waals surface area (Å²) in [6.07, 6.45) is 0.455. The molecular weight excluding hydrogens is 346 g/mol. The summed E-state index contributed by atoms with van der Waals surface area (Å²) in [6.45, 7) is 7.17. The molecule has 3 aromatic rings. The molecule has 0 aliphatic heterocycles. The first-order chi connectivity index (χ1) is 12.8. The third-order valence-electron chi connectivity index (χ3n) is 4.04. The minimum absolute atomic E-state index is 0.151. The van der Waals surface area contributed by atoms with Gasteiger partial charge in [-0.2, -0.15) is 14.9 Å². The Morgan fingerprint density at radius 1 is 1.15 bits per heavy atom. The molecule has 0 aliphatic rings. The number of nitrogens with one attached hydrogen (secondary N) is 2. The maximum Gasteiger partial charge on any atom is 0.254 e. The van der Waals surface area contributed by atoms with Crippen LogP contribution in [0, 0.1) is 27.7 Å². The lowest BCUT2D eigenvalue weighted by Gasteiger charge is -2.08. The summed E-state index contributed by atoms with van der Waals surface area (Å²) in [5.74, 6) is 1.35. The van der Waals surface area contributed by atoms with Crippen molar-refractivity contribution in [3.8, 4) is 5.82 Å². The minimum atomic E-state index is -0.226. The molecule has 0 spiro atoms. The predicted octanol–water partition coefficient (Wildman–Crippen LogP) is 1.55. The molecule has 0 radical (unpaired) electrons. The molecule has 3 rings (SSSR count). The Morgan fingerprint density at radius 2 is 1.93 bits per heavy atom. The van der Waals surface area contributed by atoms with E-state index in [2.05, 4.69) is 30.6 Å². The number of hydrogen-bond donors (Lipinski definition) is 2. The van der Waals surface area contributed by atoms with Crippen molar-refractivity contribution >= 4 is 11.7 Å². The number of hydrogen-bond acceptors (Lipinski definition) is 6. The van der Waals surface area contributed by atoms with Crippen LogP contribution in [0.1, 0.15) is 34.9 Å². The molecule has 0 fully saturated rings. The van der Waals surface area contributed by atoms with E-state index in [4.69, 9.17) is 0 Å². The van der Waals surface area contributed by atoms with Gasteiger partial charge in [0.05, 0.1) is 11.4 Å². The van der Waals surface area contributed by atoms with E-state index in [9.17, 15) is 9.59 Å². The number of carbonyl (C=O) groups is 1. The lowest BCUT2D eigenvalue weighted by Crippen LogP contribution is -2.21. The number of aromatic nitrogens is 6. The van der Waals surface area contributed by atoms with Crippen molar-refractivity contribution in [3.63, 3.8) is 0 Å². The molecule has 9 heteroatoms. The average Bonchev–Trinajstić information content (AvgIpc) is 2.94. The lowest BCUT2D eigenvalue weighted by molar-refractivity contribution is -0.116. The molecule has 27 heavy (non-hydrogen) atoms. The number of amides is 1. The summed E-state index contributed by atoms with van der Waals surface area (Å²) in [5, 5.41) is 15.3. The van der Waals surface area contributed by atoms with E-state index in [1.54, 1.807) is 26.0 Å². The van der Waals surface area contributed by atoms with Crippen molar-refractivity contribution in [1.29, 1.82) is 0 Å². The topological polar surface area (TPSA) is 118 Å². The maximum atomic E-state index is 12.4. The van der Waals surface area contributed by atoms with Gasteiger partial charge in [0.2, 0.25) is 5.91 Å². The number of aryl methyl sites for hydroxylation is 4. The molecule has 0 aromatic carbocycles. The Bertz CT molecular complexity index is 1030. The Kier molecular flexibility index (Phi) is 5.11. The SMILES string of the molecule is Cc1ccc(-n2nc(C)cc2NC(=O)CCc2c(C)nc(C)[nH]c2=O)nn1. The van der Waals surface area contributed by atoms with Crippen LogP contribution < -0.4 is 10.9 Å². The van der Waals surface area contributed by atoms with Crippen molar-refractivity contribution in [2.75, 3.05) is 5.32 Å². The average molecular weight is 367 g/mol. The summed E-state index contributed by atoms with van der Waals surface area (Å²) in [5.41, 5.74) is 2.48. The molecule has 0 saturated carbocycles. The molecule has 3 heterocycles. The van der Waals surface area contributed by atoms with Gasteiger partial charge in [0, 0.05) is 23.7 Å². The van der Waals surface area contributed by atoms with Gasteiger partial charge in [-0.15, -0.1) is 5.10 Å². The molecule has 3 aromatic heterocycles. The molecule has 0 bridgehead atoms. The number of aromatic amines is 1. The summed E-state index contributed by atoms with van der Waals surface area (Å²) >= 11 is 0. The maximum absolute atomic E-state index is 12.4. The van der Waals surface area contributed by atoms with E-state index in [0.717, 1.165) is 11.4 Å². The van der Waals surface area contributed by atoms with Gasteiger partial charge in [-0.25, -0.2) is 4.98 Å². The van der Waals surface area contributed by atoms with E-state index in [-0.39, 0.29) is 17.9 Å².